The van der Waals surface area contributed by atoms with E-state index in [1.165, 1.54) is 6.92 Å². The van der Waals surface area contributed by atoms with Gasteiger partial charge in [-0.3, -0.25) is 4.79 Å². The third-order valence-electron chi connectivity index (χ3n) is 9.39. The Balaban J connectivity index is 1.67. The number of ketones is 1. The van der Waals surface area contributed by atoms with Crippen molar-refractivity contribution in [3.8, 4) is 0 Å². The zero-order valence-corrected chi connectivity index (χ0v) is 15.9. The van der Waals surface area contributed by atoms with Gasteiger partial charge >= 0.3 is 0 Å². The van der Waals surface area contributed by atoms with Crippen molar-refractivity contribution < 1.29 is 20.1 Å². The molecule has 4 aliphatic rings. The number of aliphatic hydroxyl groups excluding tert-OH is 2. The number of hydrogen-bond acceptors (Lipinski definition) is 4. The molecule has 0 aliphatic heterocycles. The van der Waals surface area contributed by atoms with Gasteiger partial charge in [-0.25, -0.2) is 0 Å². The van der Waals surface area contributed by atoms with E-state index < -0.39 is 17.1 Å². The number of carbonyl (C=O) groups is 1. The molecule has 0 spiro atoms. The molecule has 0 aromatic heterocycles. The maximum atomic E-state index is 12.3. The van der Waals surface area contributed by atoms with Crippen LogP contribution in [0.4, 0.5) is 0 Å². The van der Waals surface area contributed by atoms with E-state index in [-0.39, 0.29) is 23.2 Å². The summed E-state index contributed by atoms with van der Waals surface area (Å²) in [5.74, 6) is 1.63. The molecule has 0 aromatic carbocycles. The highest BCUT2D eigenvalue weighted by molar-refractivity contribution is 5.87. The average Bonchev–Trinajstić information content (AvgIpc) is 2.77. The van der Waals surface area contributed by atoms with Crippen LogP contribution < -0.4 is 0 Å². The molecule has 25 heavy (non-hydrogen) atoms. The van der Waals surface area contributed by atoms with E-state index in [0.717, 1.165) is 44.9 Å². The molecule has 0 aromatic rings. The summed E-state index contributed by atoms with van der Waals surface area (Å²) in [7, 11) is 0. The monoisotopic (exact) mass is 350 g/mol. The van der Waals surface area contributed by atoms with Crippen LogP contribution in [0.15, 0.2) is 0 Å². The Labute approximate surface area is 151 Å². The van der Waals surface area contributed by atoms with Gasteiger partial charge in [-0.1, -0.05) is 13.8 Å². The third kappa shape index (κ3) is 2.14. The Bertz CT molecular complexity index is 576. The largest absolute Gasteiger partial charge is 0.393 e. The topological polar surface area (TPSA) is 77.8 Å². The van der Waals surface area contributed by atoms with E-state index in [4.69, 9.17) is 0 Å². The highest BCUT2D eigenvalue weighted by atomic mass is 16.4. The molecule has 4 rings (SSSR count). The minimum Gasteiger partial charge on any atom is -0.393 e. The van der Waals surface area contributed by atoms with Crippen LogP contribution >= 0.6 is 0 Å². The molecular weight excluding hydrogens is 316 g/mol. The van der Waals surface area contributed by atoms with Gasteiger partial charge in [0.05, 0.1) is 12.2 Å². The van der Waals surface area contributed by atoms with Gasteiger partial charge in [0.2, 0.25) is 0 Å². The van der Waals surface area contributed by atoms with E-state index in [2.05, 4.69) is 6.92 Å². The molecule has 0 bridgehead atoms. The minimum atomic E-state index is -1.58. The van der Waals surface area contributed by atoms with E-state index in [1.807, 2.05) is 6.92 Å². The lowest BCUT2D eigenvalue weighted by Gasteiger charge is -2.61. The molecule has 0 amide bonds. The summed E-state index contributed by atoms with van der Waals surface area (Å²) >= 11 is 0. The van der Waals surface area contributed by atoms with E-state index in [1.54, 1.807) is 0 Å². The Morgan fingerprint density at radius 2 is 1.68 bits per heavy atom. The van der Waals surface area contributed by atoms with Crippen LogP contribution in [0.2, 0.25) is 0 Å². The fourth-order valence-electron chi connectivity index (χ4n) is 7.89. The quantitative estimate of drug-likeness (QED) is 0.679. The van der Waals surface area contributed by atoms with Gasteiger partial charge in [0.1, 0.15) is 0 Å². The summed E-state index contributed by atoms with van der Waals surface area (Å²) in [6, 6.07) is 0. The first kappa shape index (κ1) is 17.9. The smallest absolute Gasteiger partial charge is 0.164 e. The molecule has 4 fully saturated rings. The second-order valence-corrected chi connectivity index (χ2v) is 10.1. The molecule has 9 atom stereocenters. The summed E-state index contributed by atoms with van der Waals surface area (Å²) in [4.78, 5) is 12.3. The van der Waals surface area contributed by atoms with Crippen molar-refractivity contribution in [2.45, 2.75) is 89.9 Å². The molecule has 0 saturated heterocycles. The summed E-state index contributed by atoms with van der Waals surface area (Å²) in [6.07, 6.45) is 6.49. The number of fused-ring (bicyclic) bond motifs is 5. The summed E-state index contributed by atoms with van der Waals surface area (Å²) in [6.45, 7) is 5.90. The zero-order valence-electron chi connectivity index (χ0n) is 15.9. The number of rotatable bonds is 1. The molecule has 4 saturated carbocycles. The molecular formula is C21H34O4. The standard InChI is InChI=1S/C21H34O4/c1-12(22)21(25)18(24)11-17-15-5-4-13-10-14(23)6-8-19(13,2)16(15)7-9-20(17,21)3/h13-18,23-25H,4-11H2,1-3H3/t13-,14-,15-,16-,17-,18+,19-,20-,21+/m0/s1. The molecule has 4 aliphatic carbocycles. The van der Waals surface area contributed by atoms with Crippen molar-refractivity contribution in [3.05, 3.63) is 0 Å². The first-order valence-electron chi connectivity index (χ1n) is 10.2. The second-order valence-electron chi connectivity index (χ2n) is 10.1. The van der Waals surface area contributed by atoms with Gasteiger partial charge in [0.25, 0.3) is 0 Å². The second kappa shape index (κ2) is 5.53. The first-order chi connectivity index (χ1) is 11.6. The molecule has 142 valence electrons. The molecule has 3 N–H and O–H groups in total. The van der Waals surface area contributed by atoms with Crippen molar-refractivity contribution in [1.82, 2.24) is 0 Å². The Morgan fingerprint density at radius 3 is 2.36 bits per heavy atom. The summed E-state index contributed by atoms with van der Waals surface area (Å²) in [5.41, 5.74) is -1.81. The fraction of sp³-hybridized carbons (Fsp3) is 0.952. The Hall–Kier alpha value is -0.450. The van der Waals surface area contributed by atoms with Crippen molar-refractivity contribution in [2.24, 2.45) is 34.5 Å². The van der Waals surface area contributed by atoms with Gasteiger partial charge in [0, 0.05) is 5.41 Å². The SMILES string of the molecule is CC(=O)[C@@]1(O)[C@H](O)C[C@H]2[C@H]3CC[C@H]4C[C@@H](O)CC[C@]4(C)[C@H]3CC[C@@]21C. The molecule has 4 heteroatoms. The number of hydrogen-bond donors (Lipinski definition) is 3. The van der Waals surface area contributed by atoms with Crippen LogP contribution in [-0.2, 0) is 4.79 Å². The maximum absolute atomic E-state index is 12.3. The van der Waals surface area contributed by atoms with Gasteiger partial charge in [0.15, 0.2) is 11.4 Å². The normalized spacial score (nSPS) is 58.2. The summed E-state index contributed by atoms with van der Waals surface area (Å²) < 4.78 is 0. The maximum Gasteiger partial charge on any atom is 0.164 e. The van der Waals surface area contributed by atoms with E-state index in [9.17, 15) is 20.1 Å². The van der Waals surface area contributed by atoms with Crippen molar-refractivity contribution in [3.63, 3.8) is 0 Å². The van der Waals surface area contributed by atoms with Gasteiger partial charge < -0.3 is 15.3 Å². The van der Waals surface area contributed by atoms with Crippen molar-refractivity contribution in [1.29, 1.82) is 0 Å². The van der Waals surface area contributed by atoms with Crippen LogP contribution in [0.3, 0.4) is 0 Å². The van der Waals surface area contributed by atoms with Gasteiger partial charge in [-0.05, 0) is 87.4 Å². The lowest BCUT2D eigenvalue weighted by atomic mass is 9.44. The minimum absolute atomic E-state index is 0.139. The highest BCUT2D eigenvalue weighted by Crippen LogP contribution is 2.68. The van der Waals surface area contributed by atoms with Crippen LogP contribution in [0, 0.1) is 34.5 Å². The number of carbonyl (C=O) groups excluding carboxylic acids is 1. The summed E-state index contributed by atoms with van der Waals surface area (Å²) in [5, 5.41) is 31.9. The zero-order chi connectivity index (χ0) is 18.2. The van der Waals surface area contributed by atoms with Crippen molar-refractivity contribution in [2.75, 3.05) is 0 Å². The third-order valence-corrected chi connectivity index (χ3v) is 9.39. The molecule has 4 nitrogen and oxygen atoms in total. The van der Waals surface area contributed by atoms with Crippen LogP contribution in [0.25, 0.3) is 0 Å². The van der Waals surface area contributed by atoms with Gasteiger partial charge in [-0.2, -0.15) is 0 Å². The van der Waals surface area contributed by atoms with E-state index >= 15 is 0 Å². The van der Waals surface area contributed by atoms with Crippen LogP contribution in [0.5, 0.6) is 0 Å². The lowest BCUT2D eigenvalue weighted by Crippen LogP contribution is -2.60. The molecule has 0 unspecified atom stereocenters. The lowest BCUT2D eigenvalue weighted by molar-refractivity contribution is -0.181. The van der Waals surface area contributed by atoms with Crippen LogP contribution in [0.1, 0.15) is 72.1 Å². The van der Waals surface area contributed by atoms with Crippen molar-refractivity contribution >= 4 is 5.78 Å². The Morgan fingerprint density at radius 1 is 0.960 bits per heavy atom. The number of Topliss-reactive ketones (excluding diaryl/α,β-unsaturated/α-hetero) is 1. The predicted molar refractivity (Wildman–Crippen MR) is 94.8 cm³/mol. The molecule has 0 radical (unpaired) electrons. The van der Waals surface area contributed by atoms with E-state index in [0.29, 0.717) is 24.2 Å². The Kier molecular flexibility index (Phi) is 3.97. The van der Waals surface area contributed by atoms with Crippen LogP contribution in [-0.4, -0.2) is 38.9 Å². The predicted octanol–water partition coefficient (Wildman–Crippen LogP) is 2.68. The molecule has 0 heterocycles. The fourth-order valence-corrected chi connectivity index (χ4v) is 7.89. The van der Waals surface area contributed by atoms with Gasteiger partial charge in [-0.15, -0.1) is 0 Å². The average molecular weight is 350 g/mol. The highest BCUT2D eigenvalue weighted by Gasteiger charge is 2.69. The first-order valence-corrected chi connectivity index (χ1v) is 10.2. The number of aliphatic hydroxyl groups is 3.